The minimum Gasteiger partial charge on any atom is -0.373 e. The second kappa shape index (κ2) is 7.51. The molecule has 1 saturated heterocycles. The van der Waals surface area contributed by atoms with Gasteiger partial charge in [-0.15, -0.1) is 0 Å². The molecule has 8 nitrogen and oxygen atoms in total. The molecule has 0 aromatic heterocycles. The van der Waals surface area contributed by atoms with Gasteiger partial charge in [-0.2, -0.15) is 0 Å². The molecule has 1 N–H and O–H groups in total. The first-order valence-corrected chi connectivity index (χ1v) is 7.03. The zero-order chi connectivity index (χ0) is 15.9. The van der Waals surface area contributed by atoms with Crippen molar-refractivity contribution >= 4 is 17.7 Å². The van der Waals surface area contributed by atoms with E-state index in [9.17, 15) is 19.7 Å². The molecule has 0 atom stereocenters. The molecule has 8 heteroatoms. The maximum absolute atomic E-state index is 11.7. The minimum absolute atomic E-state index is 0.0836. The van der Waals surface area contributed by atoms with E-state index in [4.69, 9.17) is 0 Å². The van der Waals surface area contributed by atoms with Crippen LogP contribution in [-0.2, 0) is 4.74 Å². The summed E-state index contributed by atoms with van der Waals surface area (Å²) in [5.41, 5.74) is -0.0492. The SMILES string of the molecule is O=C(NCCN1CCCC1)OC(=O)c1ccc([N+](=O)[O-])cc1. The number of hydrogen-bond donors (Lipinski definition) is 1. The Morgan fingerprint density at radius 2 is 1.86 bits per heavy atom. The molecule has 0 spiro atoms. The highest BCUT2D eigenvalue weighted by Crippen LogP contribution is 2.12. The van der Waals surface area contributed by atoms with E-state index >= 15 is 0 Å². The van der Waals surface area contributed by atoms with Gasteiger partial charge in [0, 0.05) is 25.2 Å². The Morgan fingerprint density at radius 1 is 1.23 bits per heavy atom. The average molecular weight is 307 g/mol. The first-order chi connectivity index (χ1) is 10.6. The lowest BCUT2D eigenvalue weighted by atomic mass is 10.2. The molecular formula is C14H17N3O5. The van der Waals surface area contributed by atoms with E-state index in [1.165, 1.54) is 37.1 Å². The number of amides is 1. The Labute approximate surface area is 127 Å². The third-order valence-electron chi connectivity index (χ3n) is 3.40. The van der Waals surface area contributed by atoms with Crippen LogP contribution in [0.25, 0.3) is 0 Å². The highest BCUT2D eigenvalue weighted by atomic mass is 16.6. The molecule has 0 radical (unpaired) electrons. The summed E-state index contributed by atoms with van der Waals surface area (Å²) in [5, 5.41) is 13.0. The summed E-state index contributed by atoms with van der Waals surface area (Å²) in [4.78, 5) is 35.3. The van der Waals surface area contributed by atoms with Crippen molar-refractivity contribution in [2.45, 2.75) is 12.8 Å². The van der Waals surface area contributed by atoms with Gasteiger partial charge >= 0.3 is 12.1 Å². The molecule has 22 heavy (non-hydrogen) atoms. The summed E-state index contributed by atoms with van der Waals surface area (Å²) in [6.45, 7) is 3.18. The van der Waals surface area contributed by atoms with E-state index in [0.29, 0.717) is 6.54 Å². The van der Waals surface area contributed by atoms with Crippen molar-refractivity contribution in [3.63, 3.8) is 0 Å². The number of nitrogens with zero attached hydrogens (tertiary/aromatic N) is 2. The molecule has 1 fully saturated rings. The first kappa shape index (κ1) is 15.9. The fourth-order valence-electron chi connectivity index (χ4n) is 2.22. The van der Waals surface area contributed by atoms with Gasteiger partial charge in [0.15, 0.2) is 0 Å². The van der Waals surface area contributed by atoms with Crippen LogP contribution in [0.3, 0.4) is 0 Å². The topological polar surface area (TPSA) is 102 Å². The zero-order valence-corrected chi connectivity index (χ0v) is 12.0. The Bertz CT molecular complexity index is 552. The molecule has 0 bridgehead atoms. The summed E-state index contributed by atoms with van der Waals surface area (Å²) >= 11 is 0. The molecular weight excluding hydrogens is 290 g/mol. The van der Waals surface area contributed by atoms with Gasteiger partial charge in [-0.1, -0.05) is 0 Å². The number of benzene rings is 1. The molecule has 0 unspecified atom stereocenters. The van der Waals surface area contributed by atoms with Crippen LogP contribution in [-0.4, -0.2) is 48.1 Å². The number of non-ortho nitro benzene ring substituents is 1. The first-order valence-electron chi connectivity index (χ1n) is 7.03. The molecule has 1 aliphatic rings. The molecule has 2 rings (SSSR count). The zero-order valence-electron chi connectivity index (χ0n) is 12.0. The number of hydrogen-bond acceptors (Lipinski definition) is 6. The van der Waals surface area contributed by atoms with Crippen molar-refractivity contribution in [2.75, 3.05) is 26.2 Å². The number of likely N-dealkylation sites (tertiary alicyclic amines) is 1. The predicted molar refractivity (Wildman–Crippen MR) is 77.6 cm³/mol. The number of nitrogens with one attached hydrogen (secondary N) is 1. The van der Waals surface area contributed by atoms with Crippen molar-refractivity contribution in [1.29, 1.82) is 0 Å². The number of rotatable bonds is 5. The Kier molecular flexibility index (Phi) is 5.42. The second-order valence-electron chi connectivity index (χ2n) is 4.96. The van der Waals surface area contributed by atoms with Gasteiger partial charge < -0.3 is 15.0 Å². The number of alkyl carbamates (subject to hydrolysis) is 1. The second-order valence-corrected chi connectivity index (χ2v) is 4.96. The van der Waals surface area contributed by atoms with Gasteiger partial charge in [0.05, 0.1) is 10.5 Å². The smallest absolute Gasteiger partial charge is 0.373 e. The van der Waals surface area contributed by atoms with Crippen molar-refractivity contribution < 1.29 is 19.2 Å². The number of nitro groups is 1. The van der Waals surface area contributed by atoms with Crippen molar-refractivity contribution in [3.05, 3.63) is 39.9 Å². The lowest BCUT2D eigenvalue weighted by molar-refractivity contribution is -0.384. The van der Waals surface area contributed by atoms with E-state index < -0.39 is 17.0 Å². The van der Waals surface area contributed by atoms with Gasteiger partial charge in [0.2, 0.25) is 0 Å². The van der Waals surface area contributed by atoms with Gasteiger partial charge in [-0.3, -0.25) is 10.1 Å². The molecule has 1 amide bonds. The Hall–Kier alpha value is -2.48. The molecule has 1 aliphatic heterocycles. The quantitative estimate of drug-likeness (QED) is 0.383. The van der Waals surface area contributed by atoms with Crippen LogP contribution in [0.1, 0.15) is 23.2 Å². The largest absolute Gasteiger partial charge is 0.415 e. The van der Waals surface area contributed by atoms with Crippen molar-refractivity contribution in [2.24, 2.45) is 0 Å². The average Bonchev–Trinajstić information content (AvgIpc) is 3.00. The monoisotopic (exact) mass is 307 g/mol. The van der Waals surface area contributed by atoms with Crippen LogP contribution in [0.5, 0.6) is 0 Å². The molecule has 1 aromatic carbocycles. The normalized spacial score (nSPS) is 14.5. The standard InChI is InChI=1S/C14H17N3O5/c18-13(11-3-5-12(6-4-11)17(20)21)22-14(19)15-7-10-16-8-1-2-9-16/h3-6H,1-2,7-10H2,(H,15,19). The van der Waals surface area contributed by atoms with Gasteiger partial charge in [0.25, 0.3) is 5.69 Å². The van der Waals surface area contributed by atoms with Crippen LogP contribution in [0.4, 0.5) is 10.5 Å². The highest BCUT2D eigenvalue weighted by Gasteiger charge is 2.15. The van der Waals surface area contributed by atoms with Gasteiger partial charge in [-0.05, 0) is 38.1 Å². The van der Waals surface area contributed by atoms with Crippen LogP contribution >= 0.6 is 0 Å². The van der Waals surface area contributed by atoms with Crippen LogP contribution < -0.4 is 5.32 Å². The van der Waals surface area contributed by atoms with E-state index in [2.05, 4.69) is 15.0 Å². The predicted octanol–water partition coefficient (Wildman–Crippen LogP) is 1.56. The summed E-state index contributed by atoms with van der Waals surface area (Å²) in [6.07, 6.45) is 1.52. The van der Waals surface area contributed by atoms with Crippen LogP contribution in [0.15, 0.2) is 24.3 Å². The molecule has 0 saturated carbocycles. The van der Waals surface area contributed by atoms with Gasteiger partial charge in [0.1, 0.15) is 0 Å². The maximum Gasteiger partial charge on any atom is 0.415 e. The number of nitro benzene ring substituents is 1. The van der Waals surface area contributed by atoms with Gasteiger partial charge in [-0.25, -0.2) is 9.59 Å². The van der Waals surface area contributed by atoms with E-state index in [-0.39, 0.29) is 11.3 Å². The molecule has 1 aromatic rings. The van der Waals surface area contributed by atoms with Crippen molar-refractivity contribution in [3.8, 4) is 0 Å². The number of carbonyl (C=O) groups excluding carboxylic acids is 2. The van der Waals surface area contributed by atoms with E-state index in [1.54, 1.807) is 0 Å². The maximum atomic E-state index is 11.7. The molecule has 118 valence electrons. The van der Waals surface area contributed by atoms with E-state index in [1.807, 2.05) is 0 Å². The third kappa shape index (κ3) is 4.52. The Balaban J connectivity index is 1.75. The summed E-state index contributed by atoms with van der Waals surface area (Å²) < 4.78 is 4.62. The minimum atomic E-state index is -0.839. The van der Waals surface area contributed by atoms with E-state index in [0.717, 1.165) is 19.6 Å². The van der Waals surface area contributed by atoms with Crippen LogP contribution in [0.2, 0.25) is 0 Å². The summed E-state index contributed by atoms with van der Waals surface area (Å²) in [7, 11) is 0. The summed E-state index contributed by atoms with van der Waals surface area (Å²) in [5.74, 6) is -0.839. The lowest BCUT2D eigenvalue weighted by Gasteiger charge is -2.14. The van der Waals surface area contributed by atoms with Crippen molar-refractivity contribution in [1.82, 2.24) is 10.2 Å². The fraction of sp³-hybridized carbons (Fsp3) is 0.429. The number of ether oxygens (including phenoxy) is 1. The highest BCUT2D eigenvalue weighted by molar-refractivity contribution is 5.96. The third-order valence-corrected chi connectivity index (χ3v) is 3.40. The Morgan fingerprint density at radius 3 is 2.45 bits per heavy atom. The fourth-order valence-corrected chi connectivity index (χ4v) is 2.22. The van der Waals surface area contributed by atoms with Crippen LogP contribution in [0, 0.1) is 10.1 Å². The number of esters is 1. The molecule has 1 heterocycles. The molecule has 0 aliphatic carbocycles. The summed E-state index contributed by atoms with van der Waals surface area (Å²) in [6, 6.07) is 4.86. The lowest BCUT2D eigenvalue weighted by Crippen LogP contribution is -2.34. The number of carbonyl (C=O) groups is 2.